The number of aromatic nitrogens is 3. The Morgan fingerprint density at radius 1 is 1.25 bits per heavy atom. The number of rotatable bonds is 2. The highest BCUT2D eigenvalue weighted by Crippen LogP contribution is 2.27. The van der Waals surface area contributed by atoms with Gasteiger partial charge in [-0.15, -0.1) is 10.2 Å². The van der Waals surface area contributed by atoms with Gasteiger partial charge in [0.15, 0.2) is 0 Å². The van der Waals surface area contributed by atoms with Crippen molar-refractivity contribution in [3.05, 3.63) is 48.0 Å². The van der Waals surface area contributed by atoms with Crippen molar-refractivity contribution < 1.29 is 4.74 Å². The predicted molar refractivity (Wildman–Crippen MR) is 58.9 cm³/mol. The van der Waals surface area contributed by atoms with Crippen LogP contribution in [-0.2, 0) is 17.7 Å². The van der Waals surface area contributed by atoms with Gasteiger partial charge in [-0.05, 0) is 17.5 Å². The predicted octanol–water partition coefficient (Wildman–Crippen LogP) is 1.59. The zero-order chi connectivity index (χ0) is 10.8. The third-order valence-electron chi connectivity index (χ3n) is 2.94. The van der Waals surface area contributed by atoms with E-state index in [-0.39, 0.29) is 6.10 Å². The fourth-order valence-corrected chi connectivity index (χ4v) is 2.14. The lowest BCUT2D eigenvalue weighted by molar-refractivity contribution is 0.0305. The lowest BCUT2D eigenvalue weighted by Crippen LogP contribution is -2.20. The van der Waals surface area contributed by atoms with Crippen LogP contribution >= 0.6 is 0 Å². The van der Waals surface area contributed by atoms with Gasteiger partial charge in [-0.3, -0.25) is 0 Å². The molecule has 1 aromatic carbocycles. The smallest absolute Gasteiger partial charge is 0.119 e. The number of hydrogen-bond acceptors (Lipinski definition) is 3. The molecule has 1 aliphatic heterocycles. The molecule has 0 radical (unpaired) electrons. The first kappa shape index (κ1) is 9.54. The molecule has 2 heterocycles. The summed E-state index contributed by atoms with van der Waals surface area (Å²) in [5.41, 5.74) is 2.69. The van der Waals surface area contributed by atoms with Crippen molar-refractivity contribution in [3.8, 4) is 0 Å². The molecule has 1 atom stereocenters. The van der Waals surface area contributed by atoms with Crippen LogP contribution in [0.5, 0.6) is 0 Å². The van der Waals surface area contributed by atoms with E-state index in [2.05, 4.69) is 34.5 Å². The minimum Gasteiger partial charge on any atom is -0.371 e. The van der Waals surface area contributed by atoms with Crippen molar-refractivity contribution in [2.45, 2.75) is 19.1 Å². The molecule has 1 aliphatic rings. The van der Waals surface area contributed by atoms with Crippen LogP contribution in [-0.4, -0.2) is 21.4 Å². The second kappa shape index (κ2) is 4.06. The Morgan fingerprint density at radius 2 is 2.06 bits per heavy atom. The van der Waals surface area contributed by atoms with Gasteiger partial charge in [0.2, 0.25) is 0 Å². The second-order valence-corrected chi connectivity index (χ2v) is 3.97. The molecular formula is C12H13N3O. The minimum atomic E-state index is 0.126. The molecule has 82 valence electrons. The van der Waals surface area contributed by atoms with Crippen molar-refractivity contribution in [1.82, 2.24) is 14.8 Å². The summed E-state index contributed by atoms with van der Waals surface area (Å²) in [5, 5.41) is 7.60. The van der Waals surface area contributed by atoms with Gasteiger partial charge in [-0.1, -0.05) is 24.3 Å². The summed E-state index contributed by atoms with van der Waals surface area (Å²) in [6.45, 7) is 1.58. The first-order valence-electron chi connectivity index (χ1n) is 5.45. The van der Waals surface area contributed by atoms with Gasteiger partial charge in [0.25, 0.3) is 0 Å². The number of benzene rings is 1. The van der Waals surface area contributed by atoms with Crippen LogP contribution < -0.4 is 0 Å². The van der Waals surface area contributed by atoms with E-state index in [1.54, 1.807) is 12.7 Å². The molecule has 0 aliphatic carbocycles. The normalized spacial score (nSPS) is 19.4. The fraction of sp³-hybridized carbons (Fsp3) is 0.333. The Morgan fingerprint density at radius 3 is 2.94 bits per heavy atom. The summed E-state index contributed by atoms with van der Waals surface area (Å²) in [6.07, 6.45) is 4.58. The largest absolute Gasteiger partial charge is 0.371 e. The molecule has 0 N–H and O–H groups in total. The van der Waals surface area contributed by atoms with Crippen LogP contribution in [0.15, 0.2) is 36.9 Å². The van der Waals surface area contributed by atoms with E-state index >= 15 is 0 Å². The molecule has 0 bridgehead atoms. The molecule has 4 nitrogen and oxygen atoms in total. The molecule has 0 amide bonds. The Balaban J connectivity index is 1.87. The molecule has 0 spiro atoms. The Hall–Kier alpha value is -1.68. The van der Waals surface area contributed by atoms with Crippen LogP contribution in [0.1, 0.15) is 17.2 Å². The van der Waals surface area contributed by atoms with Gasteiger partial charge in [-0.2, -0.15) is 0 Å². The van der Waals surface area contributed by atoms with E-state index in [9.17, 15) is 0 Å². The topological polar surface area (TPSA) is 39.9 Å². The van der Waals surface area contributed by atoms with Crippen molar-refractivity contribution in [3.63, 3.8) is 0 Å². The summed E-state index contributed by atoms with van der Waals surface area (Å²) >= 11 is 0. The van der Waals surface area contributed by atoms with E-state index in [0.717, 1.165) is 19.6 Å². The van der Waals surface area contributed by atoms with Gasteiger partial charge in [0, 0.05) is 0 Å². The number of fused-ring (bicyclic) bond motifs is 1. The molecule has 2 aromatic rings. The van der Waals surface area contributed by atoms with Crippen LogP contribution in [0.2, 0.25) is 0 Å². The highest BCUT2D eigenvalue weighted by atomic mass is 16.5. The van der Waals surface area contributed by atoms with Gasteiger partial charge >= 0.3 is 0 Å². The summed E-state index contributed by atoms with van der Waals surface area (Å²) in [4.78, 5) is 0. The quantitative estimate of drug-likeness (QED) is 0.763. The van der Waals surface area contributed by atoms with Crippen LogP contribution in [0.4, 0.5) is 0 Å². The van der Waals surface area contributed by atoms with Crippen LogP contribution in [0, 0.1) is 0 Å². The maximum atomic E-state index is 5.80. The van der Waals surface area contributed by atoms with E-state index in [4.69, 9.17) is 4.74 Å². The van der Waals surface area contributed by atoms with E-state index in [0.29, 0.717) is 0 Å². The lowest BCUT2D eigenvalue weighted by atomic mass is 9.97. The zero-order valence-electron chi connectivity index (χ0n) is 8.91. The average molecular weight is 215 g/mol. The van der Waals surface area contributed by atoms with E-state index < -0.39 is 0 Å². The third-order valence-corrected chi connectivity index (χ3v) is 2.94. The molecular weight excluding hydrogens is 202 g/mol. The Labute approximate surface area is 93.9 Å². The SMILES string of the molecule is c1ccc2c(c1)CCO[C@H]2Cn1cnnc1. The van der Waals surface area contributed by atoms with Crippen molar-refractivity contribution in [2.75, 3.05) is 6.61 Å². The van der Waals surface area contributed by atoms with Gasteiger partial charge < -0.3 is 9.30 Å². The van der Waals surface area contributed by atoms with Crippen molar-refractivity contribution >= 4 is 0 Å². The molecule has 16 heavy (non-hydrogen) atoms. The third kappa shape index (κ3) is 1.72. The Bertz CT molecular complexity index is 467. The number of nitrogens with zero attached hydrogens (tertiary/aromatic N) is 3. The van der Waals surface area contributed by atoms with Crippen LogP contribution in [0.3, 0.4) is 0 Å². The van der Waals surface area contributed by atoms with Gasteiger partial charge in [-0.25, -0.2) is 0 Å². The first-order valence-corrected chi connectivity index (χ1v) is 5.45. The van der Waals surface area contributed by atoms with Gasteiger partial charge in [0.1, 0.15) is 18.8 Å². The molecule has 0 unspecified atom stereocenters. The van der Waals surface area contributed by atoms with Crippen molar-refractivity contribution in [2.24, 2.45) is 0 Å². The molecule has 4 heteroatoms. The molecule has 0 saturated heterocycles. The van der Waals surface area contributed by atoms with Crippen molar-refractivity contribution in [1.29, 1.82) is 0 Å². The summed E-state index contributed by atoms with van der Waals surface area (Å²) in [7, 11) is 0. The number of ether oxygens (including phenoxy) is 1. The lowest BCUT2D eigenvalue weighted by Gasteiger charge is -2.26. The van der Waals surface area contributed by atoms with Crippen LogP contribution in [0.25, 0.3) is 0 Å². The molecule has 0 saturated carbocycles. The van der Waals surface area contributed by atoms with E-state index in [1.165, 1.54) is 11.1 Å². The van der Waals surface area contributed by atoms with Gasteiger partial charge in [0.05, 0.1) is 13.2 Å². The average Bonchev–Trinajstić information content (AvgIpc) is 2.82. The maximum Gasteiger partial charge on any atom is 0.119 e. The number of hydrogen-bond donors (Lipinski definition) is 0. The maximum absolute atomic E-state index is 5.80. The summed E-state index contributed by atoms with van der Waals surface area (Å²) in [6, 6.07) is 8.47. The first-order chi connectivity index (χ1) is 7.93. The minimum absolute atomic E-state index is 0.126. The molecule has 1 aromatic heterocycles. The highest BCUT2D eigenvalue weighted by Gasteiger charge is 2.20. The highest BCUT2D eigenvalue weighted by molar-refractivity contribution is 5.30. The zero-order valence-corrected chi connectivity index (χ0v) is 8.91. The summed E-state index contributed by atoms with van der Waals surface area (Å²) in [5.74, 6) is 0. The second-order valence-electron chi connectivity index (χ2n) is 3.97. The Kier molecular flexibility index (Phi) is 2.42. The monoisotopic (exact) mass is 215 g/mol. The van der Waals surface area contributed by atoms with E-state index in [1.807, 2.05) is 4.57 Å². The molecule has 3 rings (SSSR count). The summed E-state index contributed by atoms with van der Waals surface area (Å²) < 4.78 is 7.75. The molecule has 0 fully saturated rings. The fourth-order valence-electron chi connectivity index (χ4n) is 2.14. The standard InChI is InChI=1S/C12H13N3O/c1-2-4-11-10(3-1)5-6-16-12(11)7-15-8-13-14-9-15/h1-4,8-9,12H,5-7H2/t12-/m0/s1.